The number of hydrogen-bond donors (Lipinski definition) is 3. The predicted octanol–water partition coefficient (Wildman–Crippen LogP) is -0.372. The third-order valence-electron chi connectivity index (χ3n) is 2.68. The summed E-state index contributed by atoms with van der Waals surface area (Å²) in [7, 11) is 0. The first-order valence-electron chi connectivity index (χ1n) is 5.96. The van der Waals surface area contributed by atoms with E-state index in [9.17, 15) is 9.59 Å². The molecule has 0 spiro atoms. The van der Waals surface area contributed by atoms with Crippen LogP contribution in [0.3, 0.4) is 0 Å². The van der Waals surface area contributed by atoms with E-state index in [4.69, 9.17) is 0 Å². The fourth-order valence-electron chi connectivity index (χ4n) is 1.82. The molecule has 3 N–H and O–H groups in total. The first-order chi connectivity index (χ1) is 7.72. The van der Waals surface area contributed by atoms with Crippen molar-refractivity contribution in [2.24, 2.45) is 5.92 Å². The molecule has 1 rings (SSSR count). The van der Waals surface area contributed by atoms with E-state index >= 15 is 0 Å². The number of hydrogen-bond acceptors (Lipinski definition) is 3. The standard InChI is InChI=1S/C11H21N3O2/c1-2-13-10(15)4-6-14-11(16)7-9-3-5-12-8-9/h9,12H,2-8H2,1H3,(H,13,15)(H,14,16). The molecule has 1 saturated heterocycles. The summed E-state index contributed by atoms with van der Waals surface area (Å²) in [6.07, 6.45) is 2.01. The van der Waals surface area contributed by atoms with E-state index in [1.165, 1.54) is 0 Å². The van der Waals surface area contributed by atoms with Gasteiger partial charge >= 0.3 is 0 Å². The van der Waals surface area contributed by atoms with Gasteiger partial charge in [0, 0.05) is 25.9 Å². The quantitative estimate of drug-likeness (QED) is 0.580. The first-order valence-corrected chi connectivity index (χ1v) is 5.96. The molecule has 0 aromatic carbocycles. The van der Waals surface area contributed by atoms with E-state index in [0.717, 1.165) is 19.5 Å². The first kappa shape index (κ1) is 13.0. The Morgan fingerprint density at radius 3 is 2.75 bits per heavy atom. The fourth-order valence-corrected chi connectivity index (χ4v) is 1.82. The Labute approximate surface area is 96.4 Å². The fraction of sp³-hybridized carbons (Fsp3) is 0.818. The molecule has 0 saturated carbocycles. The molecule has 0 bridgehead atoms. The van der Waals surface area contributed by atoms with Gasteiger partial charge in [-0.05, 0) is 32.4 Å². The molecular weight excluding hydrogens is 206 g/mol. The lowest BCUT2D eigenvalue weighted by atomic mass is 10.0. The lowest BCUT2D eigenvalue weighted by Crippen LogP contribution is -2.31. The Morgan fingerprint density at radius 2 is 2.12 bits per heavy atom. The maximum atomic E-state index is 11.5. The van der Waals surface area contributed by atoms with Gasteiger partial charge in [0.1, 0.15) is 0 Å². The van der Waals surface area contributed by atoms with E-state index in [-0.39, 0.29) is 11.8 Å². The molecule has 0 radical (unpaired) electrons. The van der Waals surface area contributed by atoms with E-state index < -0.39 is 0 Å². The van der Waals surface area contributed by atoms with Crippen LogP contribution >= 0.6 is 0 Å². The van der Waals surface area contributed by atoms with Crippen LogP contribution in [0.5, 0.6) is 0 Å². The SMILES string of the molecule is CCNC(=O)CCNC(=O)CC1CCNC1. The van der Waals surface area contributed by atoms with Crippen molar-refractivity contribution in [2.75, 3.05) is 26.2 Å². The number of amides is 2. The van der Waals surface area contributed by atoms with Crippen LogP contribution in [-0.4, -0.2) is 38.0 Å². The Bertz CT molecular complexity index is 237. The van der Waals surface area contributed by atoms with Crippen LogP contribution in [0.25, 0.3) is 0 Å². The van der Waals surface area contributed by atoms with Crippen LogP contribution in [0.15, 0.2) is 0 Å². The molecule has 92 valence electrons. The van der Waals surface area contributed by atoms with E-state index in [2.05, 4.69) is 16.0 Å². The summed E-state index contributed by atoms with van der Waals surface area (Å²) in [4.78, 5) is 22.6. The molecule has 1 fully saturated rings. The second-order valence-electron chi connectivity index (χ2n) is 4.12. The van der Waals surface area contributed by atoms with Crippen LogP contribution in [0.2, 0.25) is 0 Å². The second-order valence-corrected chi connectivity index (χ2v) is 4.12. The van der Waals surface area contributed by atoms with Crippen LogP contribution in [0.4, 0.5) is 0 Å². The molecule has 1 heterocycles. The van der Waals surface area contributed by atoms with Crippen molar-refractivity contribution < 1.29 is 9.59 Å². The molecule has 5 heteroatoms. The van der Waals surface area contributed by atoms with Crippen molar-refractivity contribution in [3.05, 3.63) is 0 Å². The van der Waals surface area contributed by atoms with Gasteiger partial charge in [-0.1, -0.05) is 0 Å². The van der Waals surface area contributed by atoms with Crippen LogP contribution in [0, 0.1) is 5.92 Å². The highest BCUT2D eigenvalue weighted by molar-refractivity contribution is 5.79. The number of nitrogens with one attached hydrogen (secondary N) is 3. The largest absolute Gasteiger partial charge is 0.356 e. The smallest absolute Gasteiger partial charge is 0.221 e. The van der Waals surface area contributed by atoms with Crippen molar-refractivity contribution in [2.45, 2.75) is 26.2 Å². The number of rotatable bonds is 6. The predicted molar refractivity (Wildman–Crippen MR) is 61.9 cm³/mol. The van der Waals surface area contributed by atoms with E-state index in [0.29, 0.717) is 31.8 Å². The minimum absolute atomic E-state index is 0.00895. The van der Waals surface area contributed by atoms with Gasteiger partial charge in [-0.2, -0.15) is 0 Å². The minimum atomic E-state index is -0.00895. The average molecular weight is 227 g/mol. The maximum absolute atomic E-state index is 11.5. The molecule has 16 heavy (non-hydrogen) atoms. The highest BCUT2D eigenvalue weighted by atomic mass is 16.2. The van der Waals surface area contributed by atoms with Gasteiger partial charge in [-0.3, -0.25) is 9.59 Å². The number of carbonyl (C=O) groups excluding carboxylic acids is 2. The molecule has 0 aromatic rings. The van der Waals surface area contributed by atoms with Crippen LogP contribution < -0.4 is 16.0 Å². The summed E-state index contributed by atoms with van der Waals surface area (Å²) in [5.41, 5.74) is 0. The summed E-state index contributed by atoms with van der Waals surface area (Å²) in [6.45, 7) is 4.90. The second kappa shape index (κ2) is 7.22. The van der Waals surface area contributed by atoms with Gasteiger partial charge in [0.2, 0.25) is 11.8 Å². The molecular formula is C11H21N3O2. The van der Waals surface area contributed by atoms with Gasteiger partial charge in [-0.25, -0.2) is 0 Å². The molecule has 1 aliphatic heterocycles. The van der Waals surface area contributed by atoms with Crippen LogP contribution in [-0.2, 0) is 9.59 Å². The Morgan fingerprint density at radius 1 is 1.31 bits per heavy atom. The third-order valence-corrected chi connectivity index (χ3v) is 2.68. The van der Waals surface area contributed by atoms with Crippen molar-refractivity contribution in [3.8, 4) is 0 Å². The topological polar surface area (TPSA) is 70.2 Å². The summed E-state index contributed by atoms with van der Waals surface area (Å²) in [6, 6.07) is 0. The maximum Gasteiger partial charge on any atom is 0.221 e. The Balaban J connectivity index is 2.03. The van der Waals surface area contributed by atoms with Gasteiger partial charge < -0.3 is 16.0 Å². The summed E-state index contributed by atoms with van der Waals surface area (Å²) in [5.74, 6) is 0.507. The van der Waals surface area contributed by atoms with E-state index in [1.807, 2.05) is 6.92 Å². The van der Waals surface area contributed by atoms with Crippen molar-refractivity contribution in [3.63, 3.8) is 0 Å². The van der Waals surface area contributed by atoms with Gasteiger partial charge in [-0.15, -0.1) is 0 Å². The van der Waals surface area contributed by atoms with Crippen molar-refractivity contribution >= 4 is 11.8 Å². The molecule has 0 aromatic heterocycles. The summed E-state index contributed by atoms with van der Waals surface area (Å²) in [5, 5.41) is 8.69. The highest BCUT2D eigenvalue weighted by Gasteiger charge is 2.17. The summed E-state index contributed by atoms with van der Waals surface area (Å²) < 4.78 is 0. The van der Waals surface area contributed by atoms with Crippen LogP contribution in [0.1, 0.15) is 26.2 Å². The van der Waals surface area contributed by atoms with Crippen molar-refractivity contribution in [1.82, 2.24) is 16.0 Å². The average Bonchev–Trinajstić information content (AvgIpc) is 2.70. The monoisotopic (exact) mass is 227 g/mol. The Kier molecular flexibility index (Phi) is 5.85. The van der Waals surface area contributed by atoms with Gasteiger partial charge in [0.15, 0.2) is 0 Å². The Hall–Kier alpha value is -1.10. The number of carbonyl (C=O) groups is 2. The highest BCUT2D eigenvalue weighted by Crippen LogP contribution is 2.11. The summed E-state index contributed by atoms with van der Waals surface area (Å²) >= 11 is 0. The zero-order valence-corrected chi connectivity index (χ0v) is 9.84. The lowest BCUT2D eigenvalue weighted by Gasteiger charge is -2.08. The van der Waals surface area contributed by atoms with Crippen molar-refractivity contribution in [1.29, 1.82) is 0 Å². The molecule has 2 amide bonds. The molecule has 0 aliphatic carbocycles. The zero-order chi connectivity index (χ0) is 11.8. The molecule has 1 aliphatic rings. The van der Waals surface area contributed by atoms with Gasteiger partial charge in [0.05, 0.1) is 0 Å². The lowest BCUT2D eigenvalue weighted by molar-refractivity contribution is -0.122. The molecule has 1 unspecified atom stereocenters. The van der Waals surface area contributed by atoms with E-state index in [1.54, 1.807) is 0 Å². The molecule has 5 nitrogen and oxygen atoms in total. The molecule has 1 atom stereocenters. The minimum Gasteiger partial charge on any atom is -0.356 e. The third kappa shape index (κ3) is 5.11. The van der Waals surface area contributed by atoms with Gasteiger partial charge in [0.25, 0.3) is 0 Å². The zero-order valence-electron chi connectivity index (χ0n) is 9.84. The normalized spacial score (nSPS) is 19.4.